The van der Waals surface area contributed by atoms with Crippen molar-refractivity contribution in [2.45, 2.75) is 18.9 Å². The van der Waals surface area contributed by atoms with Crippen molar-refractivity contribution in [2.75, 3.05) is 32.0 Å². The summed E-state index contributed by atoms with van der Waals surface area (Å²) in [5.74, 6) is -0.00321. The first-order chi connectivity index (χ1) is 10.2. The molecule has 0 saturated carbocycles. The molecule has 2 aliphatic rings. The van der Waals surface area contributed by atoms with E-state index in [2.05, 4.69) is 24.3 Å². The Bertz CT molecular complexity index is 611. The molecule has 2 aliphatic heterocycles. The molecule has 1 amide bonds. The molecule has 0 radical (unpaired) electrons. The fraction of sp³-hybridized carbons (Fsp3) is 0.500. The summed E-state index contributed by atoms with van der Waals surface area (Å²) in [6, 6.07) is 6.13. The van der Waals surface area contributed by atoms with Gasteiger partial charge in [0.2, 0.25) is 5.91 Å². The lowest BCUT2D eigenvalue weighted by Gasteiger charge is -2.31. The van der Waals surface area contributed by atoms with E-state index in [1.54, 1.807) is 0 Å². The van der Waals surface area contributed by atoms with Crippen molar-refractivity contribution < 1.29 is 4.79 Å². The molecule has 22 heavy (non-hydrogen) atoms. The Morgan fingerprint density at radius 3 is 2.95 bits per heavy atom. The number of carbonyl (C=O) groups is 1. The monoisotopic (exact) mass is 341 g/mol. The maximum absolute atomic E-state index is 12.2. The maximum atomic E-state index is 12.2. The summed E-state index contributed by atoms with van der Waals surface area (Å²) in [5.41, 5.74) is 2.33. The van der Waals surface area contributed by atoms with Crippen LogP contribution in [-0.4, -0.2) is 43.5 Å². The highest BCUT2D eigenvalue weighted by Crippen LogP contribution is 2.38. The molecule has 0 bridgehead atoms. The summed E-state index contributed by atoms with van der Waals surface area (Å²) in [6.07, 6.45) is 2.19. The second-order valence-corrected chi connectivity index (χ2v) is 5.91. The average molecular weight is 342 g/mol. The molecular weight excluding hydrogens is 322 g/mol. The van der Waals surface area contributed by atoms with Crippen LogP contribution in [0.4, 0.5) is 17.1 Å². The summed E-state index contributed by atoms with van der Waals surface area (Å²) in [4.78, 5) is 14.4. The first kappa shape index (κ1) is 17.1. The molecule has 1 fully saturated rings. The van der Waals surface area contributed by atoms with Crippen molar-refractivity contribution in [3.63, 3.8) is 0 Å². The highest BCUT2D eigenvalue weighted by molar-refractivity contribution is 7.58. The van der Waals surface area contributed by atoms with Gasteiger partial charge in [0.15, 0.2) is 0 Å². The number of likely N-dealkylation sites (N-methyl/N-ethyl adjacent to an activating group) is 1. The van der Waals surface area contributed by atoms with E-state index in [9.17, 15) is 4.79 Å². The Morgan fingerprint density at radius 1 is 1.41 bits per heavy atom. The number of piperidine rings is 1. The number of carbonyl (C=O) groups excluding carboxylic acids is 1. The van der Waals surface area contributed by atoms with Gasteiger partial charge in [-0.2, -0.15) is 8.73 Å². The summed E-state index contributed by atoms with van der Waals surface area (Å²) in [7, 11) is 2.01. The highest BCUT2D eigenvalue weighted by atomic mass is 35.5. The van der Waals surface area contributed by atoms with Gasteiger partial charge >= 0.3 is 0 Å². The number of nitrogens with one attached hydrogen (secondary N) is 2. The molecule has 8 heteroatoms. The lowest BCUT2D eigenvalue weighted by molar-refractivity contribution is -0.117. The third kappa shape index (κ3) is 3.92. The Balaban J connectivity index is 0.00000176. The number of rotatable bonds is 4. The van der Waals surface area contributed by atoms with Crippen molar-refractivity contribution in [3.05, 3.63) is 18.2 Å². The molecule has 1 aromatic rings. The van der Waals surface area contributed by atoms with Crippen LogP contribution in [0.5, 0.6) is 0 Å². The predicted molar refractivity (Wildman–Crippen MR) is 92.4 cm³/mol. The third-order valence-corrected chi connectivity index (χ3v) is 4.43. The number of fused-ring (bicyclic) bond motifs is 1. The first-order valence-electron chi connectivity index (χ1n) is 7.16. The zero-order valence-electron chi connectivity index (χ0n) is 12.4. The molecule has 2 heterocycles. The van der Waals surface area contributed by atoms with Crippen molar-refractivity contribution in [3.8, 4) is 0 Å². The quantitative estimate of drug-likeness (QED) is 0.897. The molecular formula is C14H20ClN5OS. The largest absolute Gasteiger partial charge is 0.323 e. The van der Waals surface area contributed by atoms with Crippen LogP contribution in [0.3, 0.4) is 0 Å². The van der Waals surface area contributed by atoms with Gasteiger partial charge in [-0.05, 0) is 45.1 Å². The molecule has 0 unspecified atom stereocenters. The molecule has 0 aliphatic carbocycles. The van der Waals surface area contributed by atoms with E-state index in [1.807, 2.05) is 25.2 Å². The van der Waals surface area contributed by atoms with Crippen molar-refractivity contribution in [1.29, 1.82) is 0 Å². The maximum Gasteiger partial charge on any atom is 0.238 e. The number of hydrogen-bond donors (Lipinski definition) is 2. The van der Waals surface area contributed by atoms with Crippen LogP contribution in [0.1, 0.15) is 12.8 Å². The van der Waals surface area contributed by atoms with Crippen LogP contribution < -0.4 is 10.6 Å². The van der Waals surface area contributed by atoms with Gasteiger partial charge in [-0.1, -0.05) is 6.07 Å². The molecule has 0 aromatic heterocycles. The topological polar surface area (TPSA) is 69.1 Å². The smallest absolute Gasteiger partial charge is 0.238 e. The van der Waals surface area contributed by atoms with Crippen molar-refractivity contribution in [1.82, 2.24) is 10.2 Å². The Hall–Kier alpha value is -1.28. The Morgan fingerprint density at radius 2 is 2.18 bits per heavy atom. The van der Waals surface area contributed by atoms with Crippen LogP contribution in [0, 0.1) is 0 Å². The lowest BCUT2D eigenvalue weighted by Crippen LogP contribution is -2.44. The van der Waals surface area contributed by atoms with Gasteiger partial charge in [0, 0.05) is 6.04 Å². The van der Waals surface area contributed by atoms with E-state index in [4.69, 9.17) is 0 Å². The van der Waals surface area contributed by atoms with Crippen molar-refractivity contribution in [2.24, 2.45) is 8.73 Å². The van der Waals surface area contributed by atoms with Gasteiger partial charge < -0.3 is 10.6 Å². The second kappa shape index (κ2) is 7.82. The average Bonchev–Trinajstić information content (AvgIpc) is 2.97. The van der Waals surface area contributed by atoms with Crippen LogP contribution in [-0.2, 0) is 16.1 Å². The fourth-order valence-corrected chi connectivity index (χ4v) is 3.25. The summed E-state index contributed by atoms with van der Waals surface area (Å²) in [5, 5.41) is 6.29. The van der Waals surface area contributed by atoms with Gasteiger partial charge in [-0.15, -0.1) is 12.4 Å². The van der Waals surface area contributed by atoms with E-state index < -0.39 is 0 Å². The fourth-order valence-electron chi connectivity index (χ4n) is 2.70. The van der Waals surface area contributed by atoms with Gasteiger partial charge in [0.25, 0.3) is 0 Å². The second-order valence-electron chi connectivity index (χ2n) is 5.38. The van der Waals surface area contributed by atoms with Crippen LogP contribution in [0.25, 0.3) is 0 Å². The van der Waals surface area contributed by atoms with Gasteiger partial charge in [0.1, 0.15) is 11.4 Å². The van der Waals surface area contributed by atoms with E-state index in [1.165, 1.54) is 0 Å². The molecule has 0 atom stereocenters. The summed E-state index contributed by atoms with van der Waals surface area (Å²) >= 11 is 1.16. The molecule has 3 rings (SSSR count). The SMILES string of the molecule is CN(CC(=O)Nc1cccc2c1N=S=N2)C1CCNCC1.Cl. The minimum absolute atomic E-state index is 0. The van der Waals surface area contributed by atoms with Crippen LogP contribution in [0.2, 0.25) is 0 Å². The minimum Gasteiger partial charge on any atom is -0.323 e. The molecule has 6 nitrogen and oxygen atoms in total. The number of anilines is 1. The Labute approximate surface area is 140 Å². The highest BCUT2D eigenvalue weighted by Gasteiger charge is 2.20. The predicted octanol–water partition coefficient (Wildman–Crippen LogP) is 2.46. The van der Waals surface area contributed by atoms with Gasteiger partial charge in [-0.3, -0.25) is 9.69 Å². The molecule has 2 N–H and O–H groups in total. The van der Waals surface area contributed by atoms with E-state index in [-0.39, 0.29) is 18.3 Å². The molecule has 1 saturated heterocycles. The van der Waals surface area contributed by atoms with Crippen molar-refractivity contribution >= 4 is 46.7 Å². The number of benzene rings is 1. The van der Waals surface area contributed by atoms with E-state index in [0.717, 1.165) is 54.3 Å². The Kier molecular flexibility index (Phi) is 6.07. The zero-order valence-corrected chi connectivity index (χ0v) is 14.0. The summed E-state index contributed by atoms with van der Waals surface area (Å²) in [6.45, 7) is 2.46. The number of nitrogens with zero attached hydrogens (tertiary/aromatic N) is 3. The van der Waals surface area contributed by atoms with Gasteiger partial charge in [-0.25, -0.2) is 0 Å². The molecule has 1 aromatic carbocycles. The summed E-state index contributed by atoms with van der Waals surface area (Å²) < 4.78 is 8.42. The van der Waals surface area contributed by atoms with Gasteiger partial charge in [0.05, 0.1) is 23.6 Å². The minimum atomic E-state index is -0.00321. The molecule has 0 spiro atoms. The number of amides is 1. The lowest BCUT2D eigenvalue weighted by atomic mass is 10.1. The van der Waals surface area contributed by atoms with E-state index >= 15 is 0 Å². The first-order valence-corrected chi connectivity index (χ1v) is 7.89. The van der Waals surface area contributed by atoms with Crippen LogP contribution >= 0.6 is 12.4 Å². The van der Waals surface area contributed by atoms with Crippen LogP contribution in [0.15, 0.2) is 26.9 Å². The molecule has 120 valence electrons. The standard InChI is InChI=1S/C14H19N5OS.ClH/c1-19(10-5-7-15-8-6-10)9-13(20)16-11-3-2-4-12-14(11)18-21-17-12;/h2-4,10,15H,5-9H2,1H3,(H,16,20);1H. The number of halogens is 1. The normalized spacial score (nSPS) is 16.8. The van der Waals surface area contributed by atoms with E-state index in [0.29, 0.717) is 12.6 Å². The third-order valence-electron chi connectivity index (χ3n) is 3.89. The number of hydrogen-bond acceptors (Lipinski definition) is 5. The zero-order chi connectivity index (χ0) is 14.7.